The first-order valence-corrected chi connectivity index (χ1v) is 10.6. The fourth-order valence-electron chi connectivity index (χ4n) is 3.74. The van der Waals surface area contributed by atoms with Crippen LogP contribution in [0, 0.1) is 6.92 Å². The molecule has 0 radical (unpaired) electrons. The van der Waals surface area contributed by atoms with E-state index in [0.717, 1.165) is 40.4 Å². The molecule has 1 saturated heterocycles. The average molecular weight is 403 g/mol. The van der Waals surface area contributed by atoms with Gasteiger partial charge >= 0.3 is 5.97 Å². The number of nitrogens with one attached hydrogen (secondary N) is 1. The van der Waals surface area contributed by atoms with Gasteiger partial charge in [-0.2, -0.15) is 0 Å². The van der Waals surface area contributed by atoms with Crippen LogP contribution in [0.4, 0.5) is 5.00 Å². The van der Waals surface area contributed by atoms with Crippen molar-refractivity contribution >= 4 is 39.6 Å². The number of carbonyl (C=O) groups excluding carboxylic acids is 1. The Kier molecular flexibility index (Phi) is 6.50. The maximum atomic E-state index is 12.6. The Morgan fingerprint density at radius 2 is 2.07 bits per heavy atom. The van der Waals surface area contributed by atoms with E-state index >= 15 is 0 Å². The van der Waals surface area contributed by atoms with Gasteiger partial charge in [0.2, 0.25) is 0 Å². The van der Waals surface area contributed by atoms with Crippen LogP contribution in [0.3, 0.4) is 0 Å². The highest BCUT2D eigenvalue weighted by Gasteiger charge is 2.27. The van der Waals surface area contributed by atoms with Crippen LogP contribution in [-0.2, 0) is 4.74 Å². The zero-order valence-electron chi connectivity index (χ0n) is 16.1. The van der Waals surface area contributed by atoms with Gasteiger partial charge in [-0.05, 0) is 50.4 Å². The zero-order valence-corrected chi connectivity index (χ0v) is 17.7. The molecule has 6 heteroatoms. The molecule has 1 unspecified atom stereocenters. The molecular weight excluding hydrogens is 376 g/mol. The Morgan fingerprint density at radius 3 is 2.74 bits per heavy atom. The molecule has 1 aliphatic rings. The molecule has 4 nitrogen and oxygen atoms in total. The number of piperidine rings is 1. The predicted molar refractivity (Wildman–Crippen MR) is 117 cm³/mol. The second-order valence-corrected chi connectivity index (χ2v) is 8.39. The minimum Gasteiger partial charge on any atom is -0.465 e. The number of ether oxygens (including phenoxy) is 1. The van der Waals surface area contributed by atoms with E-state index in [9.17, 15) is 4.79 Å². The lowest BCUT2D eigenvalue weighted by Gasteiger charge is -2.37. The van der Waals surface area contributed by atoms with E-state index in [0.29, 0.717) is 16.7 Å². The summed E-state index contributed by atoms with van der Waals surface area (Å²) in [6.45, 7) is 5.20. The highest BCUT2D eigenvalue weighted by molar-refractivity contribution is 7.80. The van der Waals surface area contributed by atoms with Gasteiger partial charge in [0.1, 0.15) is 10.6 Å². The number of thiophene rings is 1. The number of anilines is 1. The van der Waals surface area contributed by atoms with Gasteiger partial charge in [-0.3, -0.25) is 0 Å². The first kappa shape index (κ1) is 19.8. The molecule has 2 aromatic rings. The second kappa shape index (κ2) is 8.85. The van der Waals surface area contributed by atoms with Crippen molar-refractivity contribution in [3.05, 3.63) is 40.8 Å². The molecule has 1 aromatic carbocycles. The largest absolute Gasteiger partial charge is 0.465 e. The van der Waals surface area contributed by atoms with Crippen molar-refractivity contribution in [2.75, 3.05) is 19.0 Å². The van der Waals surface area contributed by atoms with E-state index in [1.165, 1.54) is 20.0 Å². The van der Waals surface area contributed by atoms with Gasteiger partial charge < -0.3 is 15.0 Å². The topological polar surface area (TPSA) is 41.6 Å². The number of hydrogen-bond donors (Lipinski definition) is 1. The van der Waals surface area contributed by atoms with Crippen molar-refractivity contribution in [3.63, 3.8) is 0 Å². The fourth-order valence-corrected chi connectivity index (χ4v) is 5.21. The van der Waals surface area contributed by atoms with Crippen molar-refractivity contribution in [1.29, 1.82) is 0 Å². The van der Waals surface area contributed by atoms with Crippen LogP contribution in [-0.4, -0.2) is 35.7 Å². The highest BCUT2D eigenvalue weighted by Crippen LogP contribution is 2.40. The lowest BCUT2D eigenvalue weighted by molar-refractivity contribution is 0.0603. The van der Waals surface area contributed by atoms with E-state index < -0.39 is 0 Å². The number of nitrogens with zero attached hydrogens (tertiary/aromatic N) is 1. The van der Waals surface area contributed by atoms with Crippen molar-refractivity contribution in [2.45, 2.75) is 45.6 Å². The van der Waals surface area contributed by atoms with Gasteiger partial charge in [-0.25, -0.2) is 4.79 Å². The molecule has 1 atom stereocenters. The predicted octanol–water partition coefficient (Wildman–Crippen LogP) is 5.47. The molecular formula is C21H26N2O2S2. The van der Waals surface area contributed by atoms with Crippen LogP contribution >= 0.6 is 23.6 Å². The number of carbonyl (C=O) groups is 1. The second-order valence-electron chi connectivity index (χ2n) is 6.78. The lowest BCUT2D eigenvalue weighted by atomic mass is 10.0. The third kappa shape index (κ3) is 4.17. The summed E-state index contributed by atoms with van der Waals surface area (Å²) in [4.78, 5) is 15.9. The number of methoxy groups -OCH3 is 1. The molecule has 0 aliphatic carbocycles. The summed E-state index contributed by atoms with van der Waals surface area (Å²) in [6, 6.07) is 10.4. The molecule has 1 fully saturated rings. The number of likely N-dealkylation sites (tertiary alicyclic amines) is 1. The van der Waals surface area contributed by atoms with Gasteiger partial charge in [0.25, 0.3) is 0 Å². The van der Waals surface area contributed by atoms with E-state index in [1.807, 2.05) is 37.3 Å². The zero-order chi connectivity index (χ0) is 19.4. The number of esters is 1. The molecule has 0 saturated carbocycles. The number of thiocarbonyl (C=S) groups is 1. The van der Waals surface area contributed by atoms with Crippen LogP contribution in [0.5, 0.6) is 0 Å². The molecule has 1 N–H and O–H groups in total. The molecule has 27 heavy (non-hydrogen) atoms. The summed E-state index contributed by atoms with van der Waals surface area (Å²) in [7, 11) is 1.42. The smallest absolute Gasteiger partial charge is 0.341 e. The summed E-state index contributed by atoms with van der Waals surface area (Å²) in [5.41, 5.74) is 2.50. The van der Waals surface area contributed by atoms with Gasteiger partial charge in [-0.1, -0.05) is 37.3 Å². The summed E-state index contributed by atoms with van der Waals surface area (Å²) >= 11 is 7.27. The molecule has 144 valence electrons. The summed E-state index contributed by atoms with van der Waals surface area (Å²) in [5.74, 6) is -0.339. The van der Waals surface area contributed by atoms with E-state index in [-0.39, 0.29) is 5.97 Å². The standard InChI is InChI=1S/C21H26N2O2S2/c1-4-16-12-8-9-13-23(16)21(26)22-19-18(20(24)25-3)17(14(2)27-19)15-10-6-5-7-11-15/h5-7,10-11,16H,4,8-9,12-13H2,1-3H3,(H,22,26). The van der Waals surface area contributed by atoms with Crippen LogP contribution in [0.2, 0.25) is 0 Å². The van der Waals surface area contributed by atoms with Crippen LogP contribution in [0.15, 0.2) is 30.3 Å². The van der Waals surface area contributed by atoms with Crippen LogP contribution in [0.1, 0.15) is 47.8 Å². The third-order valence-corrected chi connectivity index (χ3v) is 6.47. The number of hydrogen-bond acceptors (Lipinski definition) is 4. The van der Waals surface area contributed by atoms with E-state index in [4.69, 9.17) is 17.0 Å². The Labute approximate surface area is 170 Å². The monoisotopic (exact) mass is 402 g/mol. The molecule has 3 rings (SSSR count). The van der Waals surface area contributed by atoms with Gasteiger partial charge in [-0.15, -0.1) is 11.3 Å². The number of benzene rings is 1. The molecule has 1 aromatic heterocycles. The van der Waals surface area contributed by atoms with Crippen molar-refractivity contribution < 1.29 is 9.53 Å². The SMILES string of the molecule is CCC1CCCCN1C(=S)Nc1sc(C)c(-c2ccccc2)c1C(=O)OC. The molecule has 2 heterocycles. The maximum Gasteiger partial charge on any atom is 0.341 e. The van der Waals surface area contributed by atoms with Gasteiger partial charge in [0, 0.05) is 23.0 Å². The molecule has 1 aliphatic heterocycles. The Morgan fingerprint density at radius 1 is 1.33 bits per heavy atom. The summed E-state index contributed by atoms with van der Waals surface area (Å²) in [6.07, 6.45) is 4.65. The van der Waals surface area contributed by atoms with Gasteiger partial charge in [0.05, 0.1) is 7.11 Å². The van der Waals surface area contributed by atoms with E-state index in [2.05, 4.69) is 17.1 Å². The fraction of sp³-hybridized carbons (Fsp3) is 0.429. The molecule has 0 amide bonds. The van der Waals surface area contributed by atoms with Crippen molar-refractivity contribution in [3.8, 4) is 11.1 Å². The Bertz CT molecular complexity index is 817. The first-order valence-electron chi connectivity index (χ1n) is 9.41. The van der Waals surface area contributed by atoms with Crippen LogP contribution < -0.4 is 5.32 Å². The van der Waals surface area contributed by atoms with Crippen molar-refractivity contribution in [1.82, 2.24) is 4.90 Å². The van der Waals surface area contributed by atoms with Crippen molar-refractivity contribution in [2.24, 2.45) is 0 Å². The molecule has 0 bridgehead atoms. The summed E-state index contributed by atoms with van der Waals surface area (Å²) in [5, 5.41) is 4.83. The number of aryl methyl sites for hydroxylation is 1. The van der Waals surface area contributed by atoms with Gasteiger partial charge in [0.15, 0.2) is 5.11 Å². The highest BCUT2D eigenvalue weighted by atomic mass is 32.1. The summed E-state index contributed by atoms with van der Waals surface area (Å²) < 4.78 is 5.09. The average Bonchev–Trinajstić information content (AvgIpc) is 3.03. The Hall–Kier alpha value is -1.92. The quantitative estimate of drug-likeness (QED) is 0.542. The third-order valence-electron chi connectivity index (χ3n) is 5.12. The lowest BCUT2D eigenvalue weighted by Crippen LogP contribution is -2.45. The molecule has 0 spiro atoms. The minimum absolute atomic E-state index is 0.339. The Balaban J connectivity index is 1.96. The number of rotatable bonds is 4. The van der Waals surface area contributed by atoms with E-state index in [1.54, 1.807) is 11.3 Å². The minimum atomic E-state index is -0.339. The normalized spacial score (nSPS) is 16.9. The maximum absolute atomic E-state index is 12.6. The van der Waals surface area contributed by atoms with Crippen LogP contribution in [0.25, 0.3) is 11.1 Å². The first-order chi connectivity index (χ1) is 13.1.